The Bertz CT molecular complexity index is 521. The van der Waals surface area contributed by atoms with Crippen molar-refractivity contribution in [3.8, 4) is 0 Å². The number of nitrogens with zero attached hydrogens (tertiary/aromatic N) is 2. The van der Waals surface area contributed by atoms with Crippen molar-refractivity contribution < 1.29 is 0 Å². The van der Waals surface area contributed by atoms with E-state index in [1.807, 2.05) is 34.5 Å². The quantitative estimate of drug-likeness (QED) is 0.790. The molecule has 0 spiro atoms. The summed E-state index contributed by atoms with van der Waals surface area (Å²) >= 11 is 1.54. The summed E-state index contributed by atoms with van der Waals surface area (Å²) in [6.07, 6.45) is 0. The Balaban J connectivity index is 2.01. The zero-order valence-electron chi connectivity index (χ0n) is 8.47. The summed E-state index contributed by atoms with van der Waals surface area (Å²) in [5.41, 5.74) is 3.71. The van der Waals surface area contributed by atoms with E-state index in [1.165, 1.54) is 11.3 Å². The van der Waals surface area contributed by atoms with Crippen molar-refractivity contribution in [1.82, 2.24) is 4.98 Å². The number of rotatable bonds is 1. The Hall–Kier alpha value is -1.88. The zero-order chi connectivity index (χ0) is 11.0. The third-order valence-electron chi connectivity index (χ3n) is 2.58. The van der Waals surface area contributed by atoms with Gasteiger partial charge in [0, 0.05) is 16.6 Å². The third-order valence-corrected chi connectivity index (χ3v) is 3.15. The molecular formula is C11H10N4S. The molecule has 80 valence electrons. The molecule has 1 aromatic carbocycles. The van der Waals surface area contributed by atoms with E-state index in [1.54, 1.807) is 5.51 Å². The van der Waals surface area contributed by atoms with Crippen molar-refractivity contribution >= 4 is 28.7 Å². The smallest absolute Gasteiger partial charge is 0.146 e. The highest BCUT2D eigenvalue weighted by Crippen LogP contribution is 2.25. The highest BCUT2D eigenvalue weighted by molar-refractivity contribution is 7.07. The second-order valence-electron chi connectivity index (χ2n) is 3.50. The molecule has 4 nitrogen and oxygen atoms in total. The molecule has 5 heteroatoms. The Kier molecular flexibility index (Phi) is 2.11. The van der Waals surface area contributed by atoms with Crippen molar-refractivity contribution in [2.24, 2.45) is 0 Å². The largest absolute Gasteiger partial charge is 0.367 e. The number of nitrogens with one attached hydrogen (secondary N) is 2. The predicted octanol–water partition coefficient (Wildman–Crippen LogP) is 2.36. The van der Waals surface area contributed by atoms with E-state index >= 15 is 0 Å². The molecule has 0 atom stereocenters. The second-order valence-corrected chi connectivity index (χ2v) is 4.22. The summed E-state index contributed by atoms with van der Waals surface area (Å²) in [5, 5.41) is 13.4. The topological polar surface area (TPSA) is 52.0 Å². The lowest BCUT2D eigenvalue weighted by molar-refractivity contribution is 1.01. The summed E-state index contributed by atoms with van der Waals surface area (Å²) < 4.78 is 0. The number of hydrogen-bond donors (Lipinski definition) is 2. The Labute approximate surface area is 97.1 Å². The standard InChI is InChI=1S/C11H10N4S/c12-11-8-3-1-2-4-9(8)13-6-15(11)10-5-16-7-14-10/h1-5,7,12-13H,6H2. The number of thiazole rings is 1. The molecule has 1 aromatic heterocycles. The summed E-state index contributed by atoms with van der Waals surface area (Å²) in [6.45, 7) is 0.597. The summed E-state index contributed by atoms with van der Waals surface area (Å²) in [5.74, 6) is 1.33. The van der Waals surface area contributed by atoms with Gasteiger partial charge in [-0.05, 0) is 12.1 Å². The number of benzene rings is 1. The molecule has 0 bridgehead atoms. The molecule has 0 amide bonds. The number of anilines is 2. The van der Waals surface area contributed by atoms with Gasteiger partial charge in [-0.3, -0.25) is 10.3 Å². The van der Waals surface area contributed by atoms with Crippen molar-refractivity contribution in [3.05, 3.63) is 40.7 Å². The molecular weight excluding hydrogens is 220 g/mol. The van der Waals surface area contributed by atoms with Gasteiger partial charge in [0.25, 0.3) is 0 Å². The maximum atomic E-state index is 8.15. The van der Waals surface area contributed by atoms with E-state index in [4.69, 9.17) is 5.41 Å². The molecule has 2 heterocycles. The van der Waals surface area contributed by atoms with Gasteiger partial charge >= 0.3 is 0 Å². The average molecular weight is 230 g/mol. The van der Waals surface area contributed by atoms with E-state index in [0.717, 1.165) is 17.1 Å². The molecule has 3 rings (SSSR count). The van der Waals surface area contributed by atoms with Crippen LogP contribution in [0.5, 0.6) is 0 Å². The SMILES string of the molecule is N=C1c2ccccc2NCN1c1cscn1. The Morgan fingerprint density at radius 1 is 1.38 bits per heavy atom. The highest BCUT2D eigenvalue weighted by atomic mass is 32.1. The maximum absolute atomic E-state index is 8.15. The molecule has 0 radical (unpaired) electrons. The molecule has 1 aliphatic heterocycles. The van der Waals surface area contributed by atoms with Crippen LogP contribution in [0.2, 0.25) is 0 Å². The molecule has 1 aliphatic rings. The van der Waals surface area contributed by atoms with Crippen LogP contribution in [0.3, 0.4) is 0 Å². The first-order valence-corrected chi connectivity index (χ1v) is 5.88. The average Bonchev–Trinajstić information content (AvgIpc) is 2.83. The summed E-state index contributed by atoms with van der Waals surface area (Å²) in [6, 6.07) is 7.85. The fraction of sp³-hybridized carbons (Fsp3) is 0.0909. The van der Waals surface area contributed by atoms with Gasteiger partial charge in [0.1, 0.15) is 11.7 Å². The van der Waals surface area contributed by atoms with Crippen LogP contribution in [0.15, 0.2) is 35.2 Å². The number of amidine groups is 1. The van der Waals surface area contributed by atoms with Crippen molar-refractivity contribution in [1.29, 1.82) is 5.41 Å². The lowest BCUT2D eigenvalue weighted by Crippen LogP contribution is -2.40. The Morgan fingerprint density at radius 2 is 2.25 bits per heavy atom. The van der Waals surface area contributed by atoms with E-state index in [-0.39, 0.29) is 0 Å². The van der Waals surface area contributed by atoms with E-state index in [0.29, 0.717) is 12.5 Å². The lowest BCUT2D eigenvalue weighted by Gasteiger charge is -2.30. The number of para-hydroxylation sites is 1. The normalized spacial score (nSPS) is 14.5. The maximum Gasteiger partial charge on any atom is 0.146 e. The molecule has 0 unspecified atom stereocenters. The fourth-order valence-corrected chi connectivity index (χ4v) is 2.31. The minimum Gasteiger partial charge on any atom is -0.367 e. The van der Waals surface area contributed by atoms with Crippen LogP contribution >= 0.6 is 11.3 Å². The van der Waals surface area contributed by atoms with E-state index in [2.05, 4.69) is 10.3 Å². The highest BCUT2D eigenvalue weighted by Gasteiger charge is 2.22. The van der Waals surface area contributed by atoms with Crippen LogP contribution in [-0.2, 0) is 0 Å². The minimum atomic E-state index is 0.500. The number of fused-ring (bicyclic) bond motifs is 1. The molecule has 16 heavy (non-hydrogen) atoms. The molecule has 0 fully saturated rings. The van der Waals surface area contributed by atoms with E-state index < -0.39 is 0 Å². The van der Waals surface area contributed by atoms with Gasteiger partial charge in [0.05, 0.1) is 12.2 Å². The van der Waals surface area contributed by atoms with Gasteiger partial charge in [-0.15, -0.1) is 11.3 Å². The molecule has 0 aliphatic carbocycles. The van der Waals surface area contributed by atoms with Crippen LogP contribution in [-0.4, -0.2) is 17.5 Å². The van der Waals surface area contributed by atoms with Crippen molar-refractivity contribution in [3.63, 3.8) is 0 Å². The first-order chi connectivity index (χ1) is 7.86. The van der Waals surface area contributed by atoms with Crippen molar-refractivity contribution in [2.75, 3.05) is 16.9 Å². The Morgan fingerprint density at radius 3 is 3.06 bits per heavy atom. The predicted molar refractivity (Wildman–Crippen MR) is 66.4 cm³/mol. The van der Waals surface area contributed by atoms with Gasteiger partial charge in [-0.1, -0.05) is 12.1 Å². The zero-order valence-corrected chi connectivity index (χ0v) is 9.29. The van der Waals surface area contributed by atoms with Crippen molar-refractivity contribution in [2.45, 2.75) is 0 Å². The fourth-order valence-electron chi connectivity index (χ4n) is 1.77. The van der Waals surface area contributed by atoms with E-state index in [9.17, 15) is 0 Å². The van der Waals surface area contributed by atoms with Gasteiger partial charge in [0.2, 0.25) is 0 Å². The first kappa shape index (κ1) is 9.35. The lowest BCUT2D eigenvalue weighted by atomic mass is 10.1. The molecule has 0 saturated carbocycles. The third kappa shape index (κ3) is 1.37. The molecule has 2 N–H and O–H groups in total. The van der Waals surface area contributed by atoms with Crippen LogP contribution in [0, 0.1) is 5.41 Å². The first-order valence-electron chi connectivity index (χ1n) is 4.94. The van der Waals surface area contributed by atoms with Crippen LogP contribution in [0.25, 0.3) is 0 Å². The molecule has 2 aromatic rings. The van der Waals surface area contributed by atoms with Gasteiger partial charge < -0.3 is 5.32 Å². The molecule has 0 saturated heterocycles. The number of aromatic nitrogens is 1. The summed E-state index contributed by atoms with van der Waals surface area (Å²) in [7, 11) is 0. The van der Waals surface area contributed by atoms with Crippen LogP contribution in [0.1, 0.15) is 5.56 Å². The van der Waals surface area contributed by atoms with Crippen LogP contribution < -0.4 is 10.2 Å². The number of hydrogen-bond acceptors (Lipinski definition) is 4. The van der Waals surface area contributed by atoms with Gasteiger partial charge in [-0.25, -0.2) is 4.98 Å². The van der Waals surface area contributed by atoms with Gasteiger partial charge in [-0.2, -0.15) is 0 Å². The minimum absolute atomic E-state index is 0.500. The second kappa shape index (κ2) is 3.61. The van der Waals surface area contributed by atoms with Crippen LogP contribution in [0.4, 0.5) is 11.5 Å². The monoisotopic (exact) mass is 230 g/mol. The summed E-state index contributed by atoms with van der Waals surface area (Å²) in [4.78, 5) is 6.09. The van der Waals surface area contributed by atoms with Gasteiger partial charge in [0.15, 0.2) is 0 Å².